The molecule has 102 valence electrons. The molecule has 1 amide bonds. The fourth-order valence-electron chi connectivity index (χ4n) is 1.70. The fourth-order valence-corrected chi connectivity index (χ4v) is 2.71. The first kappa shape index (κ1) is 14.3. The highest BCUT2D eigenvalue weighted by molar-refractivity contribution is 9.10. The second-order valence-corrected chi connectivity index (χ2v) is 5.93. The van der Waals surface area contributed by atoms with E-state index in [1.165, 1.54) is 0 Å². The lowest BCUT2D eigenvalue weighted by atomic mass is 10.3. The summed E-state index contributed by atoms with van der Waals surface area (Å²) in [5, 5.41) is 8.28. The van der Waals surface area contributed by atoms with Crippen LogP contribution in [-0.4, -0.2) is 37.4 Å². The van der Waals surface area contributed by atoms with Crippen molar-refractivity contribution in [2.24, 2.45) is 14.1 Å². The molecule has 2 rings (SSSR count). The van der Waals surface area contributed by atoms with Crippen LogP contribution in [0.25, 0.3) is 0 Å². The topological polar surface area (TPSA) is 56.0 Å². The SMILES string of the molecule is CN(Cc1c(Br)cnn1C)C(=O)c1nn(C)cc1Br. The molecule has 2 aromatic heterocycles. The Kier molecular flexibility index (Phi) is 4.10. The first-order valence-corrected chi connectivity index (χ1v) is 7.09. The third-order valence-electron chi connectivity index (χ3n) is 2.73. The van der Waals surface area contributed by atoms with Crippen LogP contribution < -0.4 is 0 Å². The van der Waals surface area contributed by atoms with Gasteiger partial charge < -0.3 is 4.90 Å². The fraction of sp³-hybridized carbons (Fsp3) is 0.364. The summed E-state index contributed by atoms with van der Waals surface area (Å²) in [6, 6.07) is 0. The highest BCUT2D eigenvalue weighted by atomic mass is 79.9. The first-order valence-electron chi connectivity index (χ1n) is 5.51. The van der Waals surface area contributed by atoms with Gasteiger partial charge in [-0.2, -0.15) is 10.2 Å². The molecule has 0 spiro atoms. The summed E-state index contributed by atoms with van der Waals surface area (Å²) in [6.07, 6.45) is 3.46. The van der Waals surface area contributed by atoms with Crippen molar-refractivity contribution in [1.29, 1.82) is 0 Å². The van der Waals surface area contributed by atoms with Gasteiger partial charge in [0.25, 0.3) is 5.91 Å². The highest BCUT2D eigenvalue weighted by Gasteiger charge is 2.20. The summed E-state index contributed by atoms with van der Waals surface area (Å²) in [6.45, 7) is 0.457. The summed E-state index contributed by atoms with van der Waals surface area (Å²) in [7, 11) is 5.36. The maximum atomic E-state index is 12.3. The van der Waals surface area contributed by atoms with Gasteiger partial charge in [-0.1, -0.05) is 0 Å². The molecule has 0 aliphatic carbocycles. The summed E-state index contributed by atoms with van der Waals surface area (Å²) < 4.78 is 4.91. The number of hydrogen-bond acceptors (Lipinski definition) is 3. The van der Waals surface area contributed by atoms with E-state index >= 15 is 0 Å². The molecule has 0 atom stereocenters. The molecule has 0 saturated heterocycles. The minimum absolute atomic E-state index is 0.138. The predicted octanol–water partition coefficient (Wildman–Crippen LogP) is 1.95. The van der Waals surface area contributed by atoms with Gasteiger partial charge in [-0.25, -0.2) is 0 Å². The molecule has 8 heteroatoms. The molecule has 0 fully saturated rings. The van der Waals surface area contributed by atoms with Crippen LogP contribution >= 0.6 is 31.9 Å². The summed E-state index contributed by atoms with van der Waals surface area (Å²) >= 11 is 6.75. The Morgan fingerprint density at radius 3 is 2.53 bits per heavy atom. The van der Waals surface area contributed by atoms with E-state index in [9.17, 15) is 4.79 Å². The lowest BCUT2D eigenvalue weighted by Gasteiger charge is -2.16. The maximum Gasteiger partial charge on any atom is 0.275 e. The van der Waals surface area contributed by atoms with Crippen LogP contribution in [0.15, 0.2) is 21.3 Å². The number of nitrogens with zero attached hydrogens (tertiary/aromatic N) is 5. The van der Waals surface area contributed by atoms with Crippen molar-refractivity contribution in [2.75, 3.05) is 7.05 Å². The summed E-state index contributed by atoms with van der Waals surface area (Å²) in [5.74, 6) is -0.138. The summed E-state index contributed by atoms with van der Waals surface area (Å²) in [5.41, 5.74) is 1.34. The Balaban J connectivity index is 2.19. The van der Waals surface area contributed by atoms with Crippen LogP contribution in [0.2, 0.25) is 0 Å². The van der Waals surface area contributed by atoms with Crippen molar-refractivity contribution in [3.63, 3.8) is 0 Å². The second kappa shape index (κ2) is 5.46. The standard InChI is InChI=1S/C11H13Br2N5O/c1-16(6-9-7(12)4-14-18(9)3)11(19)10-8(13)5-17(2)15-10/h4-5H,6H2,1-3H3. The summed E-state index contributed by atoms with van der Waals surface area (Å²) in [4.78, 5) is 13.9. The van der Waals surface area contributed by atoms with E-state index in [0.29, 0.717) is 16.7 Å². The highest BCUT2D eigenvalue weighted by Crippen LogP contribution is 2.19. The molecule has 0 saturated carbocycles. The van der Waals surface area contributed by atoms with E-state index in [-0.39, 0.29) is 5.91 Å². The van der Waals surface area contributed by atoms with Crippen molar-refractivity contribution in [2.45, 2.75) is 6.54 Å². The van der Waals surface area contributed by atoms with E-state index in [2.05, 4.69) is 42.1 Å². The molecule has 0 radical (unpaired) electrons. The number of rotatable bonds is 3. The molecular weight excluding hydrogens is 378 g/mol. The van der Waals surface area contributed by atoms with Gasteiger partial charge in [-0.3, -0.25) is 14.2 Å². The van der Waals surface area contributed by atoms with Gasteiger partial charge in [-0.15, -0.1) is 0 Å². The third-order valence-corrected chi connectivity index (χ3v) is 3.97. The largest absolute Gasteiger partial charge is 0.334 e. The molecule has 0 aliphatic heterocycles. The second-order valence-electron chi connectivity index (χ2n) is 4.22. The van der Waals surface area contributed by atoms with Gasteiger partial charge in [0.05, 0.1) is 27.4 Å². The van der Waals surface area contributed by atoms with Crippen LogP contribution in [0.1, 0.15) is 16.2 Å². The molecule has 0 unspecified atom stereocenters. The quantitative estimate of drug-likeness (QED) is 0.804. The average molecular weight is 391 g/mol. The number of aromatic nitrogens is 4. The molecule has 0 aliphatic rings. The van der Waals surface area contributed by atoms with Crippen molar-refractivity contribution in [1.82, 2.24) is 24.5 Å². The Labute approximate surface area is 127 Å². The number of amides is 1. The van der Waals surface area contributed by atoms with Gasteiger partial charge in [0, 0.05) is 27.3 Å². The van der Waals surface area contributed by atoms with Crippen LogP contribution in [0.4, 0.5) is 0 Å². The molecule has 19 heavy (non-hydrogen) atoms. The number of halogens is 2. The lowest BCUT2D eigenvalue weighted by molar-refractivity contribution is 0.0774. The first-order chi connectivity index (χ1) is 8.90. The molecule has 0 N–H and O–H groups in total. The minimum Gasteiger partial charge on any atom is -0.334 e. The van der Waals surface area contributed by atoms with Gasteiger partial charge in [0.15, 0.2) is 5.69 Å². The van der Waals surface area contributed by atoms with E-state index in [1.54, 1.807) is 40.8 Å². The Hall–Kier alpha value is -1.15. The Bertz CT molecular complexity index is 599. The zero-order chi connectivity index (χ0) is 14.2. The number of carbonyl (C=O) groups excluding carboxylic acids is 1. The monoisotopic (exact) mass is 389 g/mol. The molecule has 0 bridgehead atoms. The third kappa shape index (κ3) is 2.89. The average Bonchev–Trinajstić information content (AvgIpc) is 2.84. The van der Waals surface area contributed by atoms with E-state index in [0.717, 1.165) is 10.2 Å². The predicted molar refractivity (Wildman–Crippen MR) is 77.6 cm³/mol. The van der Waals surface area contributed by atoms with Gasteiger partial charge in [-0.05, 0) is 31.9 Å². The van der Waals surface area contributed by atoms with E-state index in [4.69, 9.17) is 0 Å². The van der Waals surface area contributed by atoms with Crippen molar-refractivity contribution in [3.05, 3.63) is 32.7 Å². The smallest absolute Gasteiger partial charge is 0.275 e. The molecule has 6 nitrogen and oxygen atoms in total. The van der Waals surface area contributed by atoms with Gasteiger partial charge in [0.1, 0.15) is 0 Å². The van der Waals surface area contributed by atoms with Crippen molar-refractivity contribution in [3.8, 4) is 0 Å². The zero-order valence-electron chi connectivity index (χ0n) is 10.8. The van der Waals surface area contributed by atoms with Crippen LogP contribution in [0.3, 0.4) is 0 Å². The van der Waals surface area contributed by atoms with Crippen LogP contribution in [-0.2, 0) is 20.6 Å². The van der Waals surface area contributed by atoms with Crippen LogP contribution in [0.5, 0.6) is 0 Å². The Morgan fingerprint density at radius 2 is 2.05 bits per heavy atom. The Morgan fingerprint density at radius 1 is 1.37 bits per heavy atom. The molecular formula is C11H13Br2N5O. The normalized spacial score (nSPS) is 10.8. The molecule has 2 aromatic rings. The molecule has 2 heterocycles. The van der Waals surface area contributed by atoms with Gasteiger partial charge in [0.2, 0.25) is 0 Å². The van der Waals surface area contributed by atoms with Gasteiger partial charge >= 0.3 is 0 Å². The van der Waals surface area contributed by atoms with Crippen LogP contribution in [0, 0.1) is 0 Å². The zero-order valence-corrected chi connectivity index (χ0v) is 13.9. The lowest BCUT2D eigenvalue weighted by Crippen LogP contribution is -2.28. The number of hydrogen-bond donors (Lipinski definition) is 0. The van der Waals surface area contributed by atoms with Crippen molar-refractivity contribution >= 4 is 37.8 Å². The van der Waals surface area contributed by atoms with Crippen molar-refractivity contribution < 1.29 is 4.79 Å². The van der Waals surface area contributed by atoms with E-state index in [1.807, 2.05) is 7.05 Å². The number of carbonyl (C=O) groups is 1. The number of aryl methyl sites for hydroxylation is 2. The maximum absolute atomic E-state index is 12.3. The minimum atomic E-state index is -0.138. The molecule has 0 aromatic carbocycles. The van der Waals surface area contributed by atoms with E-state index < -0.39 is 0 Å².